The predicted octanol–water partition coefficient (Wildman–Crippen LogP) is 3.48. The van der Waals surface area contributed by atoms with Crippen molar-refractivity contribution < 1.29 is 18.3 Å². The lowest BCUT2D eigenvalue weighted by molar-refractivity contribution is -0.0495. The highest BCUT2D eigenvalue weighted by molar-refractivity contribution is 5.95. The normalized spacial score (nSPS) is 16.2. The number of rotatable bonds is 6. The van der Waals surface area contributed by atoms with Gasteiger partial charge < -0.3 is 19.5 Å². The third-order valence-corrected chi connectivity index (χ3v) is 4.86. The lowest BCUT2D eigenvalue weighted by Gasteiger charge is -2.22. The number of hydrogen-bond donors (Lipinski definition) is 1. The number of hydrogen-bond acceptors (Lipinski definition) is 4. The molecule has 3 aromatic rings. The summed E-state index contributed by atoms with van der Waals surface area (Å²) < 4.78 is 31.8. The fraction of sp³-hybridized carbons (Fsp3) is 0.238. The van der Waals surface area contributed by atoms with Gasteiger partial charge in [0.2, 0.25) is 0 Å². The molecule has 1 saturated heterocycles. The van der Waals surface area contributed by atoms with Crippen molar-refractivity contribution in [3.63, 3.8) is 0 Å². The zero-order chi connectivity index (χ0) is 20.2. The van der Waals surface area contributed by atoms with Crippen LogP contribution in [0.2, 0.25) is 0 Å². The number of alkyl halides is 2. The number of carbonyl (C=O) groups excluding carboxylic acids is 1. The Morgan fingerprint density at radius 3 is 2.86 bits per heavy atom. The molecule has 8 heteroatoms. The molecule has 2 aromatic carbocycles. The van der Waals surface area contributed by atoms with Gasteiger partial charge in [0.05, 0.1) is 12.0 Å². The summed E-state index contributed by atoms with van der Waals surface area (Å²) in [6.07, 6.45) is 5.88. The van der Waals surface area contributed by atoms with E-state index in [0.29, 0.717) is 24.3 Å². The Kier molecular flexibility index (Phi) is 5.41. The van der Waals surface area contributed by atoms with Crippen molar-refractivity contribution in [3.8, 4) is 11.4 Å². The van der Waals surface area contributed by atoms with Crippen LogP contribution in [0, 0.1) is 0 Å². The van der Waals surface area contributed by atoms with E-state index in [2.05, 4.69) is 15.0 Å². The Morgan fingerprint density at radius 2 is 2.07 bits per heavy atom. The summed E-state index contributed by atoms with van der Waals surface area (Å²) in [6.45, 7) is -1.71. The fourth-order valence-electron chi connectivity index (χ4n) is 3.50. The number of benzene rings is 2. The average Bonchev–Trinajstić information content (AvgIpc) is 3.40. The Bertz CT molecular complexity index is 978. The van der Waals surface area contributed by atoms with Crippen molar-refractivity contribution in [1.82, 2.24) is 14.9 Å². The number of nitrogens with one attached hydrogen (secondary N) is 1. The Hall–Kier alpha value is -3.42. The van der Waals surface area contributed by atoms with Gasteiger partial charge in [0, 0.05) is 42.8 Å². The molecule has 0 radical (unpaired) electrons. The molecule has 1 aliphatic rings. The van der Waals surface area contributed by atoms with Gasteiger partial charge in [-0.1, -0.05) is 18.2 Å². The first kappa shape index (κ1) is 18.9. The highest BCUT2D eigenvalue weighted by Gasteiger charge is 2.26. The molecule has 1 aliphatic heterocycles. The van der Waals surface area contributed by atoms with E-state index in [1.54, 1.807) is 42.9 Å². The molecule has 6 nitrogen and oxygen atoms in total. The van der Waals surface area contributed by atoms with Gasteiger partial charge in [0.1, 0.15) is 5.75 Å². The first-order valence-corrected chi connectivity index (χ1v) is 9.28. The second-order valence-electron chi connectivity index (χ2n) is 6.77. The van der Waals surface area contributed by atoms with Gasteiger partial charge in [-0.05, 0) is 36.8 Å². The standard InChI is InChI=1S/C21H20F2N4O2/c22-21(23)29-19-7-2-1-6-18(19)26-10-8-16(13-26)25-20(28)15-4-3-5-17(12-15)27-11-9-24-14-27/h1-7,9,11-12,14,16,21H,8,10,13H2,(H,25,28). The zero-order valence-corrected chi connectivity index (χ0v) is 15.5. The summed E-state index contributed by atoms with van der Waals surface area (Å²) in [6, 6.07) is 13.9. The maximum absolute atomic E-state index is 12.7. The number of amides is 1. The lowest BCUT2D eigenvalue weighted by Crippen LogP contribution is -2.37. The Labute approximate surface area is 166 Å². The van der Waals surface area contributed by atoms with Crippen LogP contribution in [0.25, 0.3) is 5.69 Å². The van der Waals surface area contributed by atoms with Crippen LogP contribution in [0.4, 0.5) is 14.5 Å². The van der Waals surface area contributed by atoms with Gasteiger partial charge >= 0.3 is 6.61 Å². The van der Waals surface area contributed by atoms with Crippen LogP contribution in [0.1, 0.15) is 16.8 Å². The molecule has 0 spiro atoms. The molecule has 0 saturated carbocycles. The monoisotopic (exact) mass is 398 g/mol. The third kappa shape index (κ3) is 4.37. The molecule has 1 atom stereocenters. The van der Waals surface area contributed by atoms with Crippen LogP contribution in [0.5, 0.6) is 5.75 Å². The second kappa shape index (κ2) is 8.30. The van der Waals surface area contributed by atoms with Gasteiger partial charge in [-0.15, -0.1) is 0 Å². The summed E-state index contributed by atoms with van der Waals surface area (Å²) in [5.74, 6) is -0.0292. The molecule has 4 rings (SSSR count). The van der Waals surface area contributed by atoms with Crippen molar-refractivity contribution in [1.29, 1.82) is 0 Å². The molecule has 0 bridgehead atoms. The quantitative estimate of drug-likeness (QED) is 0.691. The molecular formula is C21H20F2N4O2. The number of ether oxygens (including phenoxy) is 1. The smallest absolute Gasteiger partial charge is 0.387 e. The molecule has 1 fully saturated rings. The summed E-state index contributed by atoms with van der Waals surface area (Å²) in [5.41, 5.74) is 2.00. The molecule has 29 heavy (non-hydrogen) atoms. The molecule has 0 aliphatic carbocycles. The molecule has 1 amide bonds. The van der Waals surface area contributed by atoms with E-state index >= 15 is 0 Å². The third-order valence-electron chi connectivity index (χ3n) is 4.86. The highest BCUT2D eigenvalue weighted by atomic mass is 19.3. The summed E-state index contributed by atoms with van der Waals surface area (Å²) in [5, 5.41) is 3.03. The van der Waals surface area contributed by atoms with E-state index in [1.807, 2.05) is 27.8 Å². The number of halogens is 2. The molecule has 1 aromatic heterocycles. The van der Waals surface area contributed by atoms with Gasteiger partial charge in [0.25, 0.3) is 5.91 Å². The van der Waals surface area contributed by atoms with Crippen LogP contribution in [0.15, 0.2) is 67.3 Å². The lowest BCUT2D eigenvalue weighted by atomic mass is 10.1. The molecule has 150 valence electrons. The number of imidazole rings is 1. The molecule has 1 N–H and O–H groups in total. The molecular weight excluding hydrogens is 378 g/mol. The topological polar surface area (TPSA) is 59.4 Å². The minimum atomic E-state index is -2.88. The zero-order valence-electron chi connectivity index (χ0n) is 15.5. The van der Waals surface area contributed by atoms with Crippen LogP contribution in [0.3, 0.4) is 0 Å². The van der Waals surface area contributed by atoms with Crippen molar-refractivity contribution in [2.45, 2.75) is 19.1 Å². The largest absolute Gasteiger partial charge is 0.433 e. The van der Waals surface area contributed by atoms with E-state index in [-0.39, 0.29) is 17.7 Å². The maximum atomic E-state index is 12.7. The van der Waals surface area contributed by atoms with Crippen molar-refractivity contribution >= 4 is 11.6 Å². The van der Waals surface area contributed by atoms with E-state index in [4.69, 9.17) is 0 Å². The van der Waals surface area contributed by atoms with Gasteiger partial charge in [0.15, 0.2) is 0 Å². The van der Waals surface area contributed by atoms with E-state index < -0.39 is 6.61 Å². The fourth-order valence-corrected chi connectivity index (χ4v) is 3.50. The maximum Gasteiger partial charge on any atom is 0.387 e. The van der Waals surface area contributed by atoms with E-state index in [0.717, 1.165) is 12.1 Å². The van der Waals surface area contributed by atoms with E-state index in [1.165, 1.54) is 6.07 Å². The first-order valence-electron chi connectivity index (χ1n) is 9.28. The minimum Gasteiger partial charge on any atom is -0.433 e. The van der Waals surface area contributed by atoms with Gasteiger partial charge in [-0.25, -0.2) is 4.98 Å². The Morgan fingerprint density at radius 1 is 1.21 bits per heavy atom. The van der Waals surface area contributed by atoms with Crippen LogP contribution in [-0.2, 0) is 0 Å². The minimum absolute atomic E-state index is 0.0843. The SMILES string of the molecule is O=C(NC1CCN(c2ccccc2OC(F)F)C1)c1cccc(-n2ccnc2)c1. The Balaban J connectivity index is 1.42. The van der Waals surface area contributed by atoms with Crippen LogP contribution in [-0.4, -0.2) is 41.2 Å². The first-order chi connectivity index (χ1) is 14.1. The number of nitrogens with zero attached hydrogens (tertiary/aromatic N) is 3. The highest BCUT2D eigenvalue weighted by Crippen LogP contribution is 2.31. The molecule has 1 unspecified atom stereocenters. The number of para-hydroxylation sites is 2. The van der Waals surface area contributed by atoms with Gasteiger partial charge in [-0.3, -0.25) is 4.79 Å². The van der Waals surface area contributed by atoms with Crippen LogP contribution >= 0.6 is 0 Å². The number of carbonyl (C=O) groups is 1. The van der Waals surface area contributed by atoms with Crippen molar-refractivity contribution in [3.05, 3.63) is 72.8 Å². The summed E-state index contributed by atoms with van der Waals surface area (Å²) in [4.78, 5) is 18.7. The second-order valence-corrected chi connectivity index (χ2v) is 6.77. The van der Waals surface area contributed by atoms with Crippen molar-refractivity contribution in [2.75, 3.05) is 18.0 Å². The number of aromatic nitrogens is 2. The van der Waals surface area contributed by atoms with Gasteiger partial charge in [-0.2, -0.15) is 8.78 Å². The summed E-state index contributed by atoms with van der Waals surface area (Å²) >= 11 is 0. The van der Waals surface area contributed by atoms with E-state index in [9.17, 15) is 13.6 Å². The molecule has 2 heterocycles. The van der Waals surface area contributed by atoms with Crippen molar-refractivity contribution in [2.24, 2.45) is 0 Å². The summed E-state index contributed by atoms with van der Waals surface area (Å²) in [7, 11) is 0. The predicted molar refractivity (Wildman–Crippen MR) is 105 cm³/mol. The number of anilines is 1. The van der Waals surface area contributed by atoms with Crippen LogP contribution < -0.4 is 15.0 Å². The average molecular weight is 398 g/mol.